The number of nitro benzene ring substituents is 1. The van der Waals surface area contributed by atoms with Gasteiger partial charge in [0.2, 0.25) is 10.0 Å². The molecule has 23 heavy (non-hydrogen) atoms. The van der Waals surface area contributed by atoms with Gasteiger partial charge in [0, 0.05) is 28.7 Å². The van der Waals surface area contributed by atoms with E-state index >= 15 is 0 Å². The maximum Gasteiger partial charge on any atom is 0.269 e. The van der Waals surface area contributed by atoms with Crippen molar-refractivity contribution >= 4 is 38.9 Å². The molecule has 0 saturated heterocycles. The molecule has 2 aromatic carbocycles. The van der Waals surface area contributed by atoms with Crippen molar-refractivity contribution in [1.82, 2.24) is 4.72 Å². The number of rotatable bonds is 6. The maximum absolute atomic E-state index is 12.1. The van der Waals surface area contributed by atoms with Gasteiger partial charge in [-0.15, -0.1) is 0 Å². The molecule has 9 heteroatoms. The van der Waals surface area contributed by atoms with Gasteiger partial charge < -0.3 is 0 Å². The molecule has 0 unspecified atom stereocenters. The third-order valence-electron chi connectivity index (χ3n) is 2.98. The molecule has 0 aliphatic heterocycles. The highest BCUT2D eigenvalue weighted by Gasteiger charge is 2.14. The summed E-state index contributed by atoms with van der Waals surface area (Å²) < 4.78 is 26.6. The summed E-state index contributed by atoms with van der Waals surface area (Å²) in [7, 11) is -3.67. The van der Waals surface area contributed by atoms with Gasteiger partial charge in [-0.1, -0.05) is 41.4 Å². The largest absolute Gasteiger partial charge is 0.269 e. The predicted octanol–water partition coefficient (Wildman–Crippen LogP) is 3.52. The zero-order valence-corrected chi connectivity index (χ0v) is 14.0. The summed E-state index contributed by atoms with van der Waals surface area (Å²) >= 11 is 11.8. The molecule has 0 radical (unpaired) electrons. The average Bonchev–Trinajstić information content (AvgIpc) is 2.46. The van der Waals surface area contributed by atoms with Crippen LogP contribution in [0.15, 0.2) is 42.5 Å². The standard InChI is InChI=1S/C14H12Cl2N2O4S/c15-12-5-4-11(14(16)7-12)8-17-23(21,22)9-10-2-1-3-13(6-10)18(19)20/h1-7,17H,8-9H2. The van der Waals surface area contributed by atoms with E-state index in [1.807, 2.05) is 0 Å². The normalized spacial score (nSPS) is 11.4. The second-order valence-corrected chi connectivity index (χ2v) is 7.39. The molecule has 6 nitrogen and oxygen atoms in total. The molecule has 1 N–H and O–H groups in total. The van der Waals surface area contributed by atoms with E-state index in [1.54, 1.807) is 12.1 Å². The molecule has 0 bridgehead atoms. The summed E-state index contributed by atoms with van der Waals surface area (Å²) in [6.45, 7) is 0.00720. The predicted molar refractivity (Wildman–Crippen MR) is 89.0 cm³/mol. The fourth-order valence-corrected chi connectivity index (χ4v) is 3.45. The second kappa shape index (κ2) is 7.27. The average molecular weight is 375 g/mol. The molecule has 0 spiro atoms. The van der Waals surface area contributed by atoms with E-state index in [2.05, 4.69) is 4.72 Å². The number of non-ortho nitro benzene ring substituents is 1. The number of nitrogens with zero attached hydrogens (tertiary/aromatic N) is 1. The lowest BCUT2D eigenvalue weighted by Gasteiger charge is -2.08. The van der Waals surface area contributed by atoms with Crippen LogP contribution >= 0.6 is 23.2 Å². The second-order valence-electron chi connectivity index (χ2n) is 4.74. The highest BCUT2D eigenvalue weighted by molar-refractivity contribution is 7.88. The Bertz CT molecular complexity index is 840. The number of nitrogens with one attached hydrogen (secondary N) is 1. The van der Waals surface area contributed by atoms with Crippen molar-refractivity contribution < 1.29 is 13.3 Å². The molecule has 2 aromatic rings. The fourth-order valence-electron chi connectivity index (χ4n) is 1.88. The molecular formula is C14H12Cl2N2O4S. The van der Waals surface area contributed by atoms with Gasteiger partial charge >= 0.3 is 0 Å². The van der Waals surface area contributed by atoms with E-state index in [1.165, 1.54) is 30.3 Å². The van der Waals surface area contributed by atoms with Gasteiger partial charge in [0.1, 0.15) is 0 Å². The first kappa shape index (κ1) is 17.7. The highest BCUT2D eigenvalue weighted by Crippen LogP contribution is 2.21. The van der Waals surface area contributed by atoms with Crippen LogP contribution in [0.4, 0.5) is 5.69 Å². The molecule has 0 aromatic heterocycles. The van der Waals surface area contributed by atoms with Crippen molar-refractivity contribution in [1.29, 1.82) is 0 Å². The molecule has 0 aliphatic carbocycles. The van der Waals surface area contributed by atoms with E-state index in [9.17, 15) is 18.5 Å². The molecule has 0 aliphatic rings. The topological polar surface area (TPSA) is 89.3 Å². The van der Waals surface area contributed by atoms with Gasteiger partial charge in [-0.25, -0.2) is 13.1 Å². The van der Waals surface area contributed by atoms with Crippen LogP contribution in [0.2, 0.25) is 10.0 Å². The minimum absolute atomic E-state index is 0.00720. The molecule has 122 valence electrons. The molecule has 2 rings (SSSR count). The van der Waals surface area contributed by atoms with Crippen molar-refractivity contribution in [2.75, 3.05) is 0 Å². The lowest BCUT2D eigenvalue weighted by Crippen LogP contribution is -2.24. The van der Waals surface area contributed by atoms with Gasteiger partial charge in [-0.05, 0) is 23.3 Å². The lowest BCUT2D eigenvalue weighted by molar-refractivity contribution is -0.384. The van der Waals surface area contributed by atoms with Crippen LogP contribution in [0.1, 0.15) is 11.1 Å². The van der Waals surface area contributed by atoms with Gasteiger partial charge in [-0.2, -0.15) is 0 Å². The molecular weight excluding hydrogens is 363 g/mol. The third-order valence-corrected chi connectivity index (χ3v) is 4.86. The summed E-state index contributed by atoms with van der Waals surface area (Å²) in [4.78, 5) is 10.1. The van der Waals surface area contributed by atoms with Crippen molar-refractivity contribution in [3.8, 4) is 0 Å². The van der Waals surface area contributed by atoms with Crippen LogP contribution in [0.5, 0.6) is 0 Å². The van der Waals surface area contributed by atoms with Crippen molar-refractivity contribution in [3.63, 3.8) is 0 Å². The van der Waals surface area contributed by atoms with Crippen LogP contribution in [-0.2, 0) is 22.3 Å². The number of sulfonamides is 1. The first-order valence-corrected chi connectivity index (χ1v) is 8.82. The van der Waals surface area contributed by atoms with Crippen molar-refractivity contribution in [3.05, 3.63) is 73.8 Å². The van der Waals surface area contributed by atoms with E-state index in [-0.39, 0.29) is 18.0 Å². The van der Waals surface area contributed by atoms with Gasteiger partial charge in [0.25, 0.3) is 5.69 Å². The van der Waals surface area contributed by atoms with Crippen molar-refractivity contribution in [2.45, 2.75) is 12.3 Å². The van der Waals surface area contributed by atoms with Gasteiger partial charge in [0.15, 0.2) is 0 Å². The summed E-state index contributed by atoms with van der Waals surface area (Å²) in [6.07, 6.45) is 0. The van der Waals surface area contributed by atoms with Crippen LogP contribution in [0, 0.1) is 10.1 Å². The van der Waals surface area contributed by atoms with Gasteiger partial charge in [0.05, 0.1) is 10.7 Å². The van der Waals surface area contributed by atoms with Gasteiger partial charge in [-0.3, -0.25) is 10.1 Å². The number of halogens is 2. The first-order valence-electron chi connectivity index (χ1n) is 6.41. The van der Waals surface area contributed by atoms with Crippen LogP contribution < -0.4 is 4.72 Å². The minimum atomic E-state index is -3.67. The first-order chi connectivity index (χ1) is 10.8. The van der Waals surface area contributed by atoms with E-state index in [0.29, 0.717) is 21.2 Å². The third kappa shape index (κ3) is 5.18. The maximum atomic E-state index is 12.1. The fraction of sp³-hybridized carbons (Fsp3) is 0.143. The number of nitro groups is 1. The highest BCUT2D eigenvalue weighted by atomic mass is 35.5. The molecule has 0 amide bonds. The van der Waals surface area contributed by atoms with Crippen LogP contribution in [0.25, 0.3) is 0 Å². The van der Waals surface area contributed by atoms with E-state index in [0.717, 1.165) is 0 Å². The monoisotopic (exact) mass is 374 g/mol. The summed E-state index contributed by atoms with van der Waals surface area (Å²) in [5.74, 6) is -0.361. The smallest absolute Gasteiger partial charge is 0.258 e. The zero-order valence-electron chi connectivity index (χ0n) is 11.7. The SMILES string of the molecule is O=[N+]([O-])c1cccc(CS(=O)(=O)NCc2ccc(Cl)cc2Cl)c1. The van der Waals surface area contributed by atoms with E-state index in [4.69, 9.17) is 23.2 Å². The molecule has 0 saturated carbocycles. The molecule has 0 heterocycles. The van der Waals surface area contributed by atoms with Crippen LogP contribution in [-0.4, -0.2) is 13.3 Å². The zero-order chi connectivity index (χ0) is 17.0. The Labute approximate surface area is 143 Å². The Morgan fingerprint density at radius 3 is 2.52 bits per heavy atom. The Morgan fingerprint density at radius 1 is 1.13 bits per heavy atom. The van der Waals surface area contributed by atoms with Crippen molar-refractivity contribution in [2.24, 2.45) is 0 Å². The van der Waals surface area contributed by atoms with Crippen LogP contribution in [0.3, 0.4) is 0 Å². The Kier molecular flexibility index (Phi) is 5.59. The van der Waals surface area contributed by atoms with E-state index < -0.39 is 14.9 Å². The summed E-state index contributed by atoms with van der Waals surface area (Å²) in [5, 5.41) is 11.5. The quantitative estimate of drug-likeness (QED) is 0.618. The molecule has 0 fully saturated rings. The minimum Gasteiger partial charge on any atom is -0.258 e. The summed E-state index contributed by atoms with van der Waals surface area (Å²) in [5.41, 5.74) is 0.756. The Balaban J connectivity index is 2.07. The number of hydrogen-bond acceptors (Lipinski definition) is 4. The summed E-state index contributed by atoms with van der Waals surface area (Å²) in [6, 6.07) is 10.2. The molecule has 0 atom stereocenters. The Morgan fingerprint density at radius 2 is 1.87 bits per heavy atom. The Hall–Kier alpha value is -1.67. The number of hydrogen-bond donors (Lipinski definition) is 1. The lowest BCUT2D eigenvalue weighted by atomic mass is 10.2. The number of benzene rings is 2.